The topological polar surface area (TPSA) is 0 Å². The Bertz CT molecular complexity index is 1930. The number of halogens is 2. The van der Waals surface area contributed by atoms with Crippen LogP contribution in [0.15, 0.2) is 121 Å². The molecule has 0 aromatic heterocycles. The second kappa shape index (κ2) is 24.3. The van der Waals surface area contributed by atoms with Gasteiger partial charge in [-0.2, -0.15) is 12.1 Å². The summed E-state index contributed by atoms with van der Waals surface area (Å²) in [5, 5.41) is 5.66. The molecule has 58 heavy (non-hydrogen) atoms. The minimum atomic E-state index is 0. The van der Waals surface area contributed by atoms with E-state index in [1.165, 1.54) is 159 Å². The summed E-state index contributed by atoms with van der Waals surface area (Å²) >= 11 is 1.74. The molecule has 0 radical (unpaired) electrons. The average Bonchev–Trinajstić information content (AvgIpc) is 3.63. The monoisotopic (exact) mass is 904 g/mol. The van der Waals surface area contributed by atoms with Gasteiger partial charge in [0, 0.05) is 0 Å². The molecule has 0 unspecified atom stereocenters. The van der Waals surface area contributed by atoms with Gasteiger partial charge < -0.3 is 24.8 Å². The van der Waals surface area contributed by atoms with Crippen molar-refractivity contribution in [2.45, 2.75) is 143 Å². The molecule has 0 atom stereocenters. The van der Waals surface area contributed by atoms with Gasteiger partial charge in [0.1, 0.15) is 0 Å². The van der Waals surface area contributed by atoms with Gasteiger partial charge >= 0.3 is 41.9 Å². The zero-order chi connectivity index (χ0) is 39.2. The Balaban J connectivity index is 0.000000228. The summed E-state index contributed by atoms with van der Waals surface area (Å²) in [5.41, 5.74) is 9.81. The third kappa shape index (κ3) is 13.4. The molecule has 0 saturated heterocycles. The molecule has 2 aliphatic carbocycles. The third-order valence-corrected chi connectivity index (χ3v) is 12.8. The first-order valence-electron chi connectivity index (χ1n) is 22.3. The molecular formula is C54H68Cl2SiZr-2. The Labute approximate surface area is 380 Å². The summed E-state index contributed by atoms with van der Waals surface area (Å²) in [6, 6.07) is 45.1. The molecule has 0 amide bonds. The molecule has 0 N–H and O–H groups in total. The number of benzene rings is 4. The summed E-state index contributed by atoms with van der Waals surface area (Å²) in [4.78, 5) is 0. The van der Waals surface area contributed by atoms with Crippen LogP contribution in [0.25, 0.3) is 43.8 Å². The fourth-order valence-corrected chi connectivity index (χ4v) is 10.5. The zero-order valence-corrected chi connectivity index (χ0v) is 41.0. The fourth-order valence-electron chi connectivity index (χ4n) is 10.5. The summed E-state index contributed by atoms with van der Waals surface area (Å²) in [7, 11) is 0. The van der Waals surface area contributed by atoms with Crippen LogP contribution in [0.3, 0.4) is 0 Å². The molecule has 0 spiro atoms. The minimum Gasteiger partial charge on any atom is -1.00 e. The van der Waals surface area contributed by atoms with Gasteiger partial charge in [-0.1, -0.05) is 162 Å². The van der Waals surface area contributed by atoms with E-state index in [-0.39, 0.29) is 30.2 Å². The van der Waals surface area contributed by atoms with Gasteiger partial charge in [-0.15, -0.1) is 69.1 Å². The van der Waals surface area contributed by atoms with Crippen molar-refractivity contribution in [3.8, 4) is 22.3 Å². The van der Waals surface area contributed by atoms with Gasteiger partial charge in [0.25, 0.3) is 0 Å². The van der Waals surface area contributed by atoms with E-state index in [0.717, 1.165) is 0 Å². The van der Waals surface area contributed by atoms with E-state index in [1.807, 2.05) is 0 Å². The van der Waals surface area contributed by atoms with Crippen LogP contribution in [0.1, 0.15) is 128 Å². The standard InChI is InChI=1S/2C26H31.C2H6Si.2ClH.Zr/c2*1-2-15-26(16-8-3-4-9-17-26)20-21-18-23-13-10-14-24(25(23)19-21)22-11-6-5-7-12-22;1-3-2;;;/h2*5-7,10-14,18-19H,2-4,8-9,15-17,20H2,1H3;1-2H3;2*1H;/q2*-1;;;;+2/p-2. The molecule has 2 fully saturated rings. The molecule has 2 aliphatic rings. The first kappa shape index (κ1) is 48.4. The second-order valence-corrected chi connectivity index (χ2v) is 27.1. The molecule has 6 aromatic rings. The van der Waals surface area contributed by atoms with Crippen LogP contribution in [0.2, 0.25) is 13.1 Å². The van der Waals surface area contributed by atoms with Gasteiger partial charge in [0.15, 0.2) is 0 Å². The van der Waals surface area contributed by atoms with Gasteiger partial charge in [-0.25, -0.2) is 0 Å². The Hall–Kier alpha value is -2.22. The van der Waals surface area contributed by atoms with E-state index in [0.29, 0.717) is 10.8 Å². The van der Waals surface area contributed by atoms with Crippen LogP contribution in [0.4, 0.5) is 0 Å². The molecular weight excluding hydrogens is 839 g/mol. The van der Waals surface area contributed by atoms with Crippen LogP contribution in [-0.2, 0) is 36.2 Å². The molecule has 0 heterocycles. The van der Waals surface area contributed by atoms with E-state index in [1.54, 1.807) is 34.5 Å². The largest absolute Gasteiger partial charge is 1.00 e. The maximum absolute atomic E-state index is 2.49. The summed E-state index contributed by atoms with van der Waals surface area (Å²) < 4.78 is 0. The number of rotatable bonds is 10. The van der Waals surface area contributed by atoms with Gasteiger partial charge in [-0.05, 0) is 73.3 Å². The van der Waals surface area contributed by atoms with E-state index in [2.05, 4.69) is 148 Å². The number of fused-ring (bicyclic) bond motifs is 2. The van der Waals surface area contributed by atoms with Gasteiger partial charge in [0.2, 0.25) is 0 Å². The van der Waals surface area contributed by atoms with Crippen molar-refractivity contribution in [3.05, 3.63) is 132 Å². The normalized spacial score (nSPS) is 16.0. The summed E-state index contributed by atoms with van der Waals surface area (Å²) in [5.74, 6) is 0. The smallest absolute Gasteiger partial charge is 1.00 e. The number of hydrogen-bond donors (Lipinski definition) is 0. The molecule has 2 saturated carbocycles. The SMILES string of the molecule is CCCC1(Cc2cc3c(-c4ccccc4)cccc3[cH-]2)CCCCCC1.CCCC1(Cc2cc3c(-c4ccccc4)cccc3[cH-]2)CCCCCC1.C[Si](C)=[Zr+2].[Cl-].[Cl-]. The molecule has 308 valence electrons. The van der Waals surface area contributed by atoms with Crippen molar-refractivity contribution in [1.82, 2.24) is 0 Å². The molecule has 4 heteroatoms. The van der Waals surface area contributed by atoms with E-state index < -0.39 is 0 Å². The van der Waals surface area contributed by atoms with Crippen molar-refractivity contribution in [3.63, 3.8) is 0 Å². The zero-order valence-electron chi connectivity index (χ0n) is 36.0. The van der Waals surface area contributed by atoms with Crippen LogP contribution in [0.5, 0.6) is 0 Å². The predicted molar refractivity (Wildman–Crippen MR) is 245 cm³/mol. The molecule has 6 aromatic carbocycles. The Morgan fingerprint density at radius 2 is 0.845 bits per heavy atom. The summed E-state index contributed by atoms with van der Waals surface area (Å²) in [6.07, 6.45) is 25.1. The average molecular weight is 907 g/mol. The first-order valence-corrected chi connectivity index (χ1v) is 28.5. The van der Waals surface area contributed by atoms with Crippen LogP contribution in [0, 0.1) is 10.8 Å². The van der Waals surface area contributed by atoms with Crippen LogP contribution in [-0.4, -0.2) is 5.43 Å². The van der Waals surface area contributed by atoms with Crippen LogP contribution >= 0.6 is 0 Å². The Kier molecular flexibility index (Phi) is 20.3. The second-order valence-electron chi connectivity index (χ2n) is 17.8. The minimum absolute atomic E-state index is 0. The third-order valence-electron chi connectivity index (χ3n) is 12.8. The van der Waals surface area contributed by atoms with Crippen molar-refractivity contribution in [1.29, 1.82) is 0 Å². The molecule has 8 rings (SSSR count). The van der Waals surface area contributed by atoms with Gasteiger partial charge in [0.05, 0.1) is 0 Å². The fraction of sp³-hybridized carbons (Fsp3) is 0.444. The van der Waals surface area contributed by atoms with Crippen molar-refractivity contribution in [2.75, 3.05) is 0 Å². The van der Waals surface area contributed by atoms with Gasteiger partial charge in [-0.3, -0.25) is 0 Å². The van der Waals surface area contributed by atoms with E-state index in [4.69, 9.17) is 0 Å². The Morgan fingerprint density at radius 1 is 0.500 bits per heavy atom. The van der Waals surface area contributed by atoms with E-state index >= 15 is 0 Å². The molecule has 0 aliphatic heterocycles. The van der Waals surface area contributed by atoms with Crippen LogP contribution < -0.4 is 24.8 Å². The van der Waals surface area contributed by atoms with Crippen molar-refractivity contribution >= 4 is 27.0 Å². The maximum atomic E-state index is 2.49. The number of hydrogen-bond acceptors (Lipinski definition) is 0. The molecule has 0 bridgehead atoms. The Morgan fingerprint density at radius 3 is 1.17 bits per heavy atom. The van der Waals surface area contributed by atoms with E-state index in [9.17, 15) is 0 Å². The first-order chi connectivity index (χ1) is 27.3. The molecule has 0 nitrogen and oxygen atoms in total. The predicted octanol–water partition coefficient (Wildman–Crippen LogP) is 10.6. The van der Waals surface area contributed by atoms with Crippen molar-refractivity contribution < 1.29 is 48.1 Å². The van der Waals surface area contributed by atoms with Crippen molar-refractivity contribution in [2.24, 2.45) is 10.8 Å². The maximum Gasteiger partial charge on any atom is -1.00 e. The quantitative estimate of drug-likeness (QED) is 0.0730. The summed E-state index contributed by atoms with van der Waals surface area (Å²) in [6.45, 7) is 9.34.